The molecule has 0 amide bonds. The fourth-order valence-corrected chi connectivity index (χ4v) is 10.2. The molecule has 0 saturated carbocycles. The molecule has 218 valence electrons. The lowest BCUT2D eigenvalue weighted by Gasteiger charge is -2.29. The number of anilines is 3. The number of hydrogen-bond acceptors (Lipinski definition) is 3. The lowest BCUT2D eigenvalue weighted by Crippen LogP contribution is -2.15. The predicted octanol–water partition coefficient (Wildman–Crippen LogP) is 13.4. The Hall–Kier alpha value is -4.96. The Kier molecular flexibility index (Phi) is 5.44. The number of rotatable bonds is 3. The standard InChI is InChI=1S/C43H29NS2/c1-43(2)35-16-8-5-13-30(35)34-24-27(20-22-36(34)43)44(28-19-21-32-31-14-6-9-17-37(31)45-39(32)25-28)42-29-12-4-3-11-26(29)23-40-41(42)33-15-7-10-18-38(33)46-40/h3-25H,1-2H3. The first-order valence-electron chi connectivity index (χ1n) is 15.9. The molecule has 0 saturated heterocycles. The maximum Gasteiger partial charge on any atom is 0.0633 e. The van der Waals surface area contributed by atoms with Gasteiger partial charge in [0.1, 0.15) is 0 Å². The number of hydrogen-bond donors (Lipinski definition) is 0. The van der Waals surface area contributed by atoms with Gasteiger partial charge < -0.3 is 4.90 Å². The van der Waals surface area contributed by atoms with Crippen LogP contribution in [0.5, 0.6) is 0 Å². The molecule has 0 radical (unpaired) electrons. The number of thiophene rings is 2. The van der Waals surface area contributed by atoms with Crippen molar-refractivity contribution in [3.05, 3.63) is 151 Å². The highest BCUT2D eigenvalue weighted by Gasteiger charge is 2.36. The second kappa shape index (κ2) is 9.53. The number of nitrogens with zero attached hydrogens (tertiary/aromatic N) is 1. The highest BCUT2D eigenvalue weighted by Crippen LogP contribution is 2.53. The van der Waals surface area contributed by atoms with E-state index in [0.29, 0.717) is 0 Å². The maximum absolute atomic E-state index is 2.54. The Morgan fingerprint density at radius 2 is 1.07 bits per heavy atom. The van der Waals surface area contributed by atoms with Gasteiger partial charge in [-0.15, -0.1) is 22.7 Å². The van der Waals surface area contributed by atoms with E-state index < -0.39 is 0 Å². The molecule has 10 rings (SSSR count). The Bertz CT molecular complexity index is 2690. The fraction of sp³-hybridized carbons (Fsp3) is 0.0698. The van der Waals surface area contributed by atoms with Crippen LogP contribution in [0.3, 0.4) is 0 Å². The van der Waals surface area contributed by atoms with Gasteiger partial charge in [-0.3, -0.25) is 0 Å². The zero-order valence-electron chi connectivity index (χ0n) is 25.5. The molecule has 9 aromatic rings. The third-order valence-corrected chi connectivity index (χ3v) is 12.3. The van der Waals surface area contributed by atoms with Crippen LogP contribution in [0.15, 0.2) is 140 Å². The Morgan fingerprint density at radius 3 is 1.93 bits per heavy atom. The summed E-state index contributed by atoms with van der Waals surface area (Å²) in [5.74, 6) is 0. The lowest BCUT2D eigenvalue weighted by molar-refractivity contribution is 0.660. The van der Waals surface area contributed by atoms with Crippen LogP contribution >= 0.6 is 22.7 Å². The van der Waals surface area contributed by atoms with E-state index in [1.807, 2.05) is 22.7 Å². The van der Waals surface area contributed by atoms with E-state index in [-0.39, 0.29) is 5.41 Å². The fourth-order valence-electron chi connectivity index (χ4n) is 7.87. The molecule has 1 nitrogen and oxygen atoms in total. The normalized spacial score (nSPS) is 13.6. The summed E-state index contributed by atoms with van der Waals surface area (Å²) in [6.45, 7) is 4.71. The van der Waals surface area contributed by atoms with Gasteiger partial charge in [-0.25, -0.2) is 0 Å². The average molecular weight is 624 g/mol. The summed E-state index contributed by atoms with van der Waals surface area (Å²) in [6, 6.07) is 52.1. The Morgan fingerprint density at radius 1 is 0.457 bits per heavy atom. The zero-order valence-corrected chi connectivity index (χ0v) is 27.2. The van der Waals surface area contributed by atoms with Crippen LogP contribution in [0.1, 0.15) is 25.0 Å². The van der Waals surface area contributed by atoms with E-state index in [4.69, 9.17) is 0 Å². The Balaban J connectivity index is 1.33. The molecule has 1 aliphatic carbocycles. The van der Waals surface area contributed by atoms with Gasteiger partial charge in [0.25, 0.3) is 0 Å². The summed E-state index contributed by atoms with van der Waals surface area (Å²) in [6.07, 6.45) is 0. The van der Waals surface area contributed by atoms with Gasteiger partial charge >= 0.3 is 0 Å². The minimum atomic E-state index is -0.0401. The summed E-state index contributed by atoms with van der Waals surface area (Å²) >= 11 is 3.77. The van der Waals surface area contributed by atoms with E-state index in [1.165, 1.54) is 90.4 Å². The van der Waals surface area contributed by atoms with Gasteiger partial charge in [-0.05, 0) is 70.1 Å². The third kappa shape index (κ3) is 3.61. The average Bonchev–Trinajstić information content (AvgIpc) is 3.72. The van der Waals surface area contributed by atoms with Gasteiger partial charge in [0.2, 0.25) is 0 Å². The third-order valence-electron chi connectivity index (χ3n) is 10.0. The molecule has 2 heterocycles. The van der Waals surface area contributed by atoms with E-state index in [9.17, 15) is 0 Å². The Labute approximate surface area is 275 Å². The summed E-state index contributed by atoms with van der Waals surface area (Å²) < 4.78 is 5.27. The van der Waals surface area contributed by atoms with Gasteiger partial charge in [0, 0.05) is 62.5 Å². The van der Waals surface area contributed by atoms with E-state index >= 15 is 0 Å². The van der Waals surface area contributed by atoms with Crippen molar-refractivity contribution in [3.63, 3.8) is 0 Å². The molecule has 46 heavy (non-hydrogen) atoms. The van der Waals surface area contributed by atoms with Gasteiger partial charge in [0.15, 0.2) is 0 Å². The first-order valence-corrected chi connectivity index (χ1v) is 17.5. The predicted molar refractivity (Wildman–Crippen MR) is 202 cm³/mol. The molecule has 2 aromatic heterocycles. The minimum Gasteiger partial charge on any atom is -0.309 e. The number of benzene rings is 7. The lowest BCUT2D eigenvalue weighted by atomic mass is 9.82. The summed E-state index contributed by atoms with van der Waals surface area (Å²) in [4.78, 5) is 2.54. The van der Waals surface area contributed by atoms with Gasteiger partial charge in [-0.1, -0.05) is 111 Å². The van der Waals surface area contributed by atoms with E-state index in [2.05, 4.69) is 158 Å². The van der Waals surface area contributed by atoms with Crippen LogP contribution in [-0.4, -0.2) is 0 Å². The molecule has 0 N–H and O–H groups in total. The molecule has 0 bridgehead atoms. The van der Waals surface area contributed by atoms with Crippen molar-refractivity contribution in [3.8, 4) is 11.1 Å². The van der Waals surface area contributed by atoms with Crippen molar-refractivity contribution in [2.24, 2.45) is 0 Å². The van der Waals surface area contributed by atoms with Crippen LogP contribution in [0, 0.1) is 0 Å². The zero-order chi connectivity index (χ0) is 30.6. The molecule has 0 fully saturated rings. The van der Waals surface area contributed by atoms with Crippen molar-refractivity contribution < 1.29 is 0 Å². The first kappa shape index (κ1) is 26.3. The topological polar surface area (TPSA) is 3.24 Å². The van der Waals surface area contributed by atoms with Crippen LogP contribution in [0.2, 0.25) is 0 Å². The van der Waals surface area contributed by atoms with Crippen LogP contribution in [0.25, 0.3) is 62.2 Å². The number of fused-ring (bicyclic) bond motifs is 10. The maximum atomic E-state index is 2.54. The smallest absolute Gasteiger partial charge is 0.0633 e. The van der Waals surface area contributed by atoms with Crippen LogP contribution < -0.4 is 4.90 Å². The molecular weight excluding hydrogens is 595 g/mol. The molecule has 1 aliphatic rings. The molecular formula is C43H29NS2. The van der Waals surface area contributed by atoms with Crippen molar-refractivity contribution >= 4 is 90.9 Å². The van der Waals surface area contributed by atoms with E-state index in [0.717, 1.165) is 0 Å². The highest BCUT2D eigenvalue weighted by atomic mass is 32.1. The molecule has 0 aliphatic heterocycles. The van der Waals surface area contributed by atoms with Crippen molar-refractivity contribution in [2.75, 3.05) is 4.90 Å². The molecule has 0 atom stereocenters. The quantitative estimate of drug-likeness (QED) is 0.189. The summed E-state index contributed by atoms with van der Waals surface area (Å²) in [5, 5.41) is 7.79. The van der Waals surface area contributed by atoms with Crippen molar-refractivity contribution in [1.29, 1.82) is 0 Å². The second-order valence-electron chi connectivity index (χ2n) is 12.9. The van der Waals surface area contributed by atoms with Gasteiger partial charge in [-0.2, -0.15) is 0 Å². The van der Waals surface area contributed by atoms with Crippen molar-refractivity contribution in [2.45, 2.75) is 19.3 Å². The van der Waals surface area contributed by atoms with Gasteiger partial charge in [0.05, 0.1) is 5.69 Å². The molecule has 7 aromatic carbocycles. The summed E-state index contributed by atoms with van der Waals surface area (Å²) in [7, 11) is 0. The molecule has 3 heteroatoms. The SMILES string of the molecule is CC1(C)c2ccccc2-c2cc(N(c3ccc4c(c3)sc3ccccc34)c3c4ccccc4cc4sc5ccccc5c34)ccc21. The largest absolute Gasteiger partial charge is 0.309 e. The molecule has 0 spiro atoms. The highest BCUT2D eigenvalue weighted by molar-refractivity contribution is 7.26. The minimum absolute atomic E-state index is 0.0401. The second-order valence-corrected chi connectivity index (χ2v) is 15.1. The van der Waals surface area contributed by atoms with Crippen LogP contribution in [0.4, 0.5) is 17.1 Å². The van der Waals surface area contributed by atoms with E-state index in [1.54, 1.807) is 0 Å². The molecule has 0 unspecified atom stereocenters. The van der Waals surface area contributed by atoms with Crippen LogP contribution in [-0.2, 0) is 5.41 Å². The summed E-state index contributed by atoms with van der Waals surface area (Å²) in [5.41, 5.74) is 9.03. The monoisotopic (exact) mass is 623 g/mol. The van der Waals surface area contributed by atoms with Crippen molar-refractivity contribution in [1.82, 2.24) is 0 Å². The first-order chi connectivity index (χ1) is 22.6.